The SMILES string of the molecule is CC(C)Oc1ccc(NC(=O)N[C@H](C(=O)O)[C@@H](C)O)cc1. The van der Waals surface area contributed by atoms with Crippen LogP contribution >= 0.6 is 0 Å². The molecule has 0 aliphatic carbocycles. The van der Waals surface area contributed by atoms with E-state index < -0.39 is 24.1 Å². The fourth-order valence-electron chi connectivity index (χ4n) is 1.59. The lowest BCUT2D eigenvalue weighted by Crippen LogP contribution is -2.49. The van der Waals surface area contributed by atoms with Crippen molar-refractivity contribution in [1.82, 2.24) is 5.32 Å². The summed E-state index contributed by atoms with van der Waals surface area (Å²) in [6, 6.07) is 4.58. The van der Waals surface area contributed by atoms with E-state index in [9.17, 15) is 14.7 Å². The molecule has 0 aliphatic rings. The fraction of sp³-hybridized carbons (Fsp3) is 0.429. The molecule has 7 heteroatoms. The number of carboxylic acids is 1. The first-order chi connectivity index (χ1) is 9.79. The zero-order valence-electron chi connectivity index (χ0n) is 12.2. The van der Waals surface area contributed by atoms with Gasteiger partial charge in [-0.1, -0.05) is 0 Å². The lowest BCUT2D eigenvalue weighted by Gasteiger charge is -2.17. The maximum absolute atomic E-state index is 11.7. The number of hydrogen-bond acceptors (Lipinski definition) is 4. The van der Waals surface area contributed by atoms with Crippen molar-refractivity contribution >= 4 is 17.7 Å². The normalized spacial score (nSPS) is 13.4. The van der Waals surface area contributed by atoms with E-state index in [4.69, 9.17) is 9.84 Å². The lowest BCUT2D eigenvalue weighted by molar-refractivity contribution is -0.141. The van der Waals surface area contributed by atoms with Gasteiger partial charge < -0.3 is 25.6 Å². The van der Waals surface area contributed by atoms with Crippen molar-refractivity contribution in [1.29, 1.82) is 0 Å². The molecule has 1 aromatic carbocycles. The number of rotatable bonds is 6. The second-order valence-corrected chi connectivity index (χ2v) is 4.85. The van der Waals surface area contributed by atoms with Crippen LogP contribution in [0.5, 0.6) is 5.75 Å². The van der Waals surface area contributed by atoms with Gasteiger partial charge >= 0.3 is 12.0 Å². The summed E-state index contributed by atoms with van der Waals surface area (Å²) in [7, 11) is 0. The molecule has 0 unspecified atom stereocenters. The van der Waals surface area contributed by atoms with Crippen LogP contribution in [0.4, 0.5) is 10.5 Å². The van der Waals surface area contributed by atoms with E-state index in [1.807, 2.05) is 13.8 Å². The van der Waals surface area contributed by atoms with Gasteiger partial charge in [-0.2, -0.15) is 0 Å². The number of carboxylic acid groups (broad SMARTS) is 1. The van der Waals surface area contributed by atoms with Gasteiger partial charge in [-0.05, 0) is 45.0 Å². The number of ether oxygens (including phenoxy) is 1. The predicted octanol–water partition coefficient (Wildman–Crippen LogP) is 1.43. The van der Waals surface area contributed by atoms with Gasteiger partial charge in [-0.3, -0.25) is 0 Å². The summed E-state index contributed by atoms with van der Waals surface area (Å²) in [6.07, 6.45) is -1.15. The van der Waals surface area contributed by atoms with Gasteiger partial charge in [0, 0.05) is 5.69 Å². The molecule has 0 radical (unpaired) electrons. The highest BCUT2D eigenvalue weighted by Crippen LogP contribution is 2.16. The number of nitrogens with one attached hydrogen (secondary N) is 2. The minimum absolute atomic E-state index is 0.0504. The van der Waals surface area contributed by atoms with Gasteiger partial charge in [0.2, 0.25) is 0 Å². The molecule has 7 nitrogen and oxygen atoms in total. The molecule has 0 aliphatic heterocycles. The summed E-state index contributed by atoms with van der Waals surface area (Å²) >= 11 is 0. The average molecular weight is 296 g/mol. The lowest BCUT2D eigenvalue weighted by atomic mass is 10.2. The minimum Gasteiger partial charge on any atom is -0.491 e. The summed E-state index contributed by atoms with van der Waals surface area (Å²) in [5, 5.41) is 22.8. The third-order valence-electron chi connectivity index (χ3n) is 2.52. The highest BCUT2D eigenvalue weighted by atomic mass is 16.5. The Kier molecular flexibility index (Phi) is 5.98. The molecule has 116 valence electrons. The molecule has 0 bridgehead atoms. The second-order valence-electron chi connectivity index (χ2n) is 4.85. The van der Waals surface area contributed by atoms with Crippen LogP contribution in [0.2, 0.25) is 0 Å². The molecule has 1 aromatic rings. The third kappa shape index (κ3) is 5.70. The third-order valence-corrected chi connectivity index (χ3v) is 2.52. The summed E-state index contributed by atoms with van der Waals surface area (Å²) in [4.78, 5) is 22.5. The first kappa shape index (κ1) is 16.8. The first-order valence-corrected chi connectivity index (χ1v) is 6.54. The second kappa shape index (κ2) is 7.49. The number of amides is 2. The van der Waals surface area contributed by atoms with Crippen molar-refractivity contribution in [2.24, 2.45) is 0 Å². The number of benzene rings is 1. The topological polar surface area (TPSA) is 108 Å². The average Bonchev–Trinajstić information content (AvgIpc) is 2.37. The van der Waals surface area contributed by atoms with Crippen LogP contribution < -0.4 is 15.4 Å². The summed E-state index contributed by atoms with van der Waals surface area (Å²) in [5.41, 5.74) is 0.485. The molecule has 0 aromatic heterocycles. The van der Waals surface area contributed by atoms with E-state index in [1.54, 1.807) is 24.3 Å². The van der Waals surface area contributed by atoms with Crippen LogP contribution in [0.15, 0.2) is 24.3 Å². The Balaban J connectivity index is 2.60. The molecule has 0 saturated carbocycles. The van der Waals surface area contributed by atoms with Gasteiger partial charge in [0.25, 0.3) is 0 Å². The summed E-state index contributed by atoms with van der Waals surface area (Å²) in [6.45, 7) is 5.10. The fourth-order valence-corrected chi connectivity index (χ4v) is 1.59. The van der Waals surface area contributed by atoms with Crippen LogP contribution in [0.3, 0.4) is 0 Å². The molecule has 0 saturated heterocycles. The molecule has 1 rings (SSSR count). The van der Waals surface area contributed by atoms with E-state index in [2.05, 4.69) is 10.6 Å². The molecule has 4 N–H and O–H groups in total. The van der Waals surface area contributed by atoms with Crippen LogP contribution in [0.25, 0.3) is 0 Å². The molecule has 0 spiro atoms. The van der Waals surface area contributed by atoms with Crippen molar-refractivity contribution < 1.29 is 24.5 Å². The Hall–Kier alpha value is -2.28. The standard InChI is InChI=1S/C14H20N2O5/c1-8(2)21-11-6-4-10(5-7-11)15-14(20)16-12(9(3)17)13(18)19/h4-9,12,17H,1-3H3,(H,18,19)(H2,15,16,20)/t9-,12+/m1/s1. The minimum atomic E-state index is -1.37. The van der Waals surface area contributed by atoms with Crippen molar-refractivity contribution in [3.63, 3.8) is 0 Å². The Labute approximate surface area is 122 Å². The van der Waals surface area contributed by atoms with E-state index >= 15 is 0 Å². The van der Waals surface area contributed by atoms with Gasteiger partial charge in [-0.15, -0.1) is 0 Å². The van der Waals surface area contributed by atoms with Gasteiger partial charge in [-0.25, -0.2) is 9.59 Å². The molecular formula is C14H20N2O5. The molecule has 2 amide bonds. The smallest absolute Gasteiger partial charge is 0.328 e. The highest BCUT2D eigenvalue weighted by Gasteiger charge is 2.24. The molecule has 0 fully saturated rings. The predicted molar refractivity (Wildman–Crippen MR) is 77.5 cm³/mol. The van der Waals surface area contributed by atoms with Crippen molar-refractivity contribution in [2.45, 2.75) is 39.0 Å². The van der Waals surface area contributed by atoms with E-state index in [-0.39, 0.29) is 6.10 Å². The monoisotopic (exact) mass is 296 g/mol. The zero-order chi connectivity index (χ0) is 16.0. The van der Waals surface area contributed by atoms with Crippen LogP contribution in [0, 0.1) is 0 Å². The summed E-state index contributed by atoms with van der Waals surface area (Å²) < 4.78 is 5.46. The molecule has 0 heterocycles. The quantitative estimate of drug-likeness (QED) is 0.635. The summed E-state index contributed by atoms with van der Waals surface area (Å²) in [5.74, 6) is -0.635. The highest BCUT2D eigenvalue weighted by molar-refractivity contribution is 5.92. The van der Waals surface area contributed by atoms with Crippen molar-refractivity contribution in [3.05, 3.63) is 24.3 Å². The number of urea groups is 1. The Morgan fingerprint density at radius 2 is 1.71 bits per heavy atom. The molecule has 21 heavy (non-hydrogen) atoms. The largest absolute Gasteiger partial charge is 0.491 e. The first-order valence-electron chi connectivity index (χ1n) is 6.54. The van der Waals surface area contributed by atoms with Gasteiger partial charge in [0.1, 0.15) is 5.75 Å². The Bertz CT molecular complexity index is 485. The number of hydrogen-bond donors (Lipinski definition) is 4. The van der Waals surface area contributed by atoms with Crippen LogP contribution in [-0.2, 0) is 4.79 Å². The Morgan fingerprint density at radius 1 is 1.14 bits per heavy atom. The van der Waals surface area contributed by atoms with E-state index in [0.717, 1.165) is 0 Å². The number of carbonyl (C=O) groups excluding carboxylic acids is 1. The number of anilines is 1. The Morgan fingerprint density at radius 3 is 2.14 bits per heavy atom. The van der Waals surface area contributed by atoms with E-state index in [1.165, 1.54) is 6.92 Å². The number of aliphatic carboxylic acids is 1. The van der Waals surface area contributed by atoms with Crippen LogP contribution in [0.1, 0.15) is 20.8 Å². The van der Waals surface area contributed by atoms with Gasteiger partial charge in [0.15, 0.2) is 6.04 Å². The number of aliphatic hydroxyl groups excluding tert-OH is 1. The van der Waals surface area contributed by atoms with Gasteiger partial charge in [0.05, 0.1) is 12.2 Å². The van der Waals surface area contributed by atoms with E-state index in [0.29, 0.717) is 11.4 Å². The molecule has 2 atom stereocenters. The maximum atomic E-state index is 11.7. The number of aliphatic hydroxyl groups is 1. The van der Waals surface area contributed by atoms with Crippen molar-refractivity contribution in [3.8, 4) is 5.75 Å². The number of carbonyl (C=O) groups is 2. The van der Waals surface area contributed by atoms with Crippen LogP contribution in [-0.4, -0.2) is 40.5 Å². The molecular weight excluding hydrogens is 276 g/mol. The maximum Gasteiger partial charge on any atom is 0.328 e. The van der Waals surface area contributed by atoms with Crippen molar-refractivity contribution in [2.75, 3.05) is 5.32 Å². The zero-order valence-corrected chi connectivity index (χ0v) is 12.2.